The quantitative estimate of drug-likeness (QED) is 0.622. The van der Waals surface area contributed by atoms with Crippen LogP contribution in [-0.2, 0) is 11.3 Å². The number of unbranched alkanes of at least 4 members (excludes halogenated alkanes) is 2. The lowest BCUT2D eigenvalue weighted by atomic mass is 10.2. The van der Waals surface area contributed by atoms with E-state index in [9.17, 15) is 0 Å². The van der Waals surface area contributed by atoms with Gasteiger partial charge in [0.05, 0.1) is 6.61 Å². The summed E-state index contributed by atoms with van der Waals surface area (Å²) in [6.07, 6.45) is 4.65. The first-order chi connectivity index (χ1) is 9.36. The van der Waals surface area contributed by atoms with Gasteiger partial charge in [-0.15, -0.1) is 0 Å². The molecule has 0 saturated carbocycles. The molecule has 0 unspecified atom stereocenters. The van der Waals surface area contributed by atoms with Crippen LogP contribution in [0.2, 0.25) is 0 Å². The number of rotatable bonds is 11. The van der Waals surface area contributed by atoms with Crippen molar-refractivity contribution in [3.8, 4) is 5.75 Å². The number of nitrogens with one attached hydrogen (secondary N) is 1. The van der Waals surface area contributed by atoms with E-state index in [1.807, 2.05) is 6.07 Å². The molecule has 3 nitrogen and oxygen atoms in total. The average Bonchev–Trinajstić information content (AvgIpc) is 2.44. The van der Waals surface area contributed by atoms with Gasteiger partial charge in [0.25, 0.3) is 0 Å². The average molecular weight is 265 g/mol. The summed E-state index contributed by atoms with van der Waals surface area (Å²) in [4.78, 5) is 0. The zero-order chi connectivity index (χ0) is 13.8. The van der Waals surface area contributed by atoms with Gasteiger partial charge in [0.15, 0.2) is 0 Å². The minimum atomic E-state index is 0.813. The second kappa shape index (κ2) is 10.8. The van der Waals surface area contributed by atoms with E-state index in [2.05, 4.69) is 30.4 Å². The van der Waals surface area contributed by atoms with Crippen molar-refractivity contribution in [3.63, 3.8) is 0 Å². The highest BCUT2D eigenvalue weighted by molar-refractivity contribution is 5.28. The molecule has 1 N–H and O–H groups in total. The molecule has 1 rings (SSSR count). The fourth-order valence-corrected chi connectivity index (χ4v) is 1.86. The fraction of sp³-hybridized carbons (Fsp3) is 0.625. The van der Waals surface area contributed by atoms with E-state index in [0.717, 1.165) is 44.9 Å². The van der Waals surface area contributed by atoms with Gasteiger partial charge in [0, 0.05) is 20.3 Å². The van der Waals surface area contributed by atoms with Gasteiger partial charge in [0.2, 0.25) is 0 Å². The molecule has 0 atom stereocenters. The number of ether oxygens (including phenoxy) is 2. The van der Waals surface area contributed by atoms with Crippen LogP contribution >= 0.6 is 0 Å². The van der Waals surface area contributed by atoms with Gasteiger partial charge in [-0.1, -0.05) is 31.9 Å². The van der Waals surface area contributed by atoms with Crippen LogP contribution < -0.4 is 10.1 Å². The first kappa shape index (κ1) is 16.0. The molecule has 0 bridgehead atoms. The SMILES string of the molecule is CCCCCOc1cccc(CNCCCOC)c1. The highest BCUT2D eigenvalue weighted by Crippen LogP contribution is 2.13. The number of methoxy groups -OCH3 is 1. The van der Waals surface area contributed by atoms with Crippen molar-refractivity contribution in [2.75, 3.05) is 26.9 Å². The summed E-state index contributed by atoms with van der Waals surface area (Å²) < 4.78 is 10.8. The summed E-state index contributed by atoms with van der Waals surface area (Å²) in [5.74, 6) is 0.979. The molecule has 0 radical (unpaired) electrons. The summed E-state index contributed by atoms with van der Waals surface area (Å²) in [6.45, 7) is 5.70. The summed E-state index contributed by atoms with van der Waals surface area (Å²) in [6, 6.07) is 8.33. The molecular formula is C16H27NO2. The fourth-order valence-electron chi connectivity index (χ4n) is 1.86. The molecule has 108 valence electrons. The Hall–Kier alpha value is -1.06. The van der Waals surface area contributed by atoms with E-state index < -0.39 is 0 Å². The van der Waals surface area contributed by atoms with Gasteiger partial charge in [0.1, 0.15) is 5.75 Å². The lowest BCUT2D eigenvalue weighted by molar-refractivity contribution is 0.194. The number of hydrogen-bond acceptors (Lipinski definition) is 3. The van der Waals surface area contributed by atoms with Crippen LogP contribution in [-0.4, -0.2) is 26.9 Å². The van der Waals surface area contributed by atoms with E-state index >= 15 is 0 Å². The molecule has 0 amide bonds. The molecule has 0 saturated heterocycles. The molecule has 19 heavy (non-hydrogen) atoms. The first-order valence-electron chi connectivity index (χ1n) is 7.28. The summed E-state index contributed by atoms with van der Waals surface area (Å²) >= 11 is 0. The summed E-state index contributed by atoms with van der Waals surface area (Å²) in [5.41, 5.74) is 1.27. The summed E-state index contributed by atoms with van der Waals surface area (Å²) in [7, 11) is 1.74. The second-order valence-corrected chi connectivity index (χ2v) is 4.73. The Bertz CT molecular complexity index is 328. The third-order valence-corrected chi connectivity index (χ3v) is 2.95. The van der Waals surface area contributed by atoms with Crippen molar-refractivity contribution < 1.29 is 9.47 Å². The van der Waals surface area contributed by atoms with E-state index in [1.54, 1.807) is 7.11 Å². The molecule has 0 aromatic heterocycles. The van der Waals surface area contributed by atoms with Crippen LogP contribution in [0.15, 0.2) is 24.3 Å². The Morgan fingerprint density at radius 3 is 2.79 bits per heavy atom. The third-order valence-electron chi connectivity index (χ3n) is 2.95. The largest absolute Gasteiger partial charge is 0.494 e. The minimum Gasteiger partial charge on any atom is -0.494 e. The van der Waals surface area contributed by atoms with E-state index in [0.29, 0.717) is 0 Å². The lowest BCUT2D eigenvalue weighted by Gasteiger charge is -2.08. The molecular weight excluding hydrogens is 238 g/mol. The Morgan fingerprint density at radius 2 is 2.00 bits per heavy atom. The maximum Gasteiger partial charge on any atom is 0.119 e. The van der Waals surface area contributed by atoms with Crippen LogP contribution in [0.5, 0.6) is 5.75 Å². The van der Waals surface area contributed by atoms with Crippen molar-refractivity contribution in [3.05, 3.63) is 29.8 Å². The Morgan fingerprint density at radius 1 is 1.11 bits per heavy atom. The Labute approximate surface area is 117 Å². The van der Waals surface area contributed by atoms with Crippen LogP contribution in [0.25, 0.3) is 0 Å². The van der Waals surface area contributed by atoms with Crippen LogP contribution in [0.4, 0.5) is 0 Å². The van der Waals surface area contributed by atoms with E-state index in [4.69, 9.17) is 9.47 Å². The van der Waals surface area contributed by atoms with Crippen LogP contribution in [0.3, 0.4) is 0 Å². The molecule has 0 aliphatic heterocycles. The van der Waals surface area contributed by atoms with Gasteiger partial charge in [-0.2, -0.15) is 0 Å². The van der Waals surface area contributed by atoms with Gasteiger partial charge < -0.3 is 14.8 Å². The maximum atomic E-state index is 5.75. The number of benzene rings is 1. The van der Waals surface area contributed by atoms with Gasteiger partial charge in [-0.3, -0.25) is 0 Å². The standard InChI is InChI=1S/C16H27NO2/c1-3-4-5-12-19-16-9-6-8-15(13-16)14-17-10-7-11-18-2/h6,8-9,13,17H,3-5,7,10-12,14H2,1-2H3. The first-order valence-corrected chi connectivity index (χ1v) is 7.28. The van der Waals surface area contributed by atoms with E-state index in [-0.39, 0.29) is 0 Å². The smallest absolute Gasteiger partial charge is 0.119 e. The van der Waals surface area contributed by atoms with Gasteiger partial charge in [-0.25, -0.2) is 0 Å². The molecule has 0 aliphatic rings. The Balaban J connectivity index is 2.23. The molecule has 3 heteroatoms. The van der Waals surface area contributed by atoms with Gasteiger partial charge in [-0.05, 0) is 37.1 Å². The predicted molar refractivity (Wildman–Crippen MR) is 79.7 cm³/mol. The van der Waals surface area contributed by atoms with Gasteiger partial charge >= 0.3 is 0 Å². The van der Waals surface area contributed by atoms with Crippen molar-refractivity contribution in [1.29, 1.82) is 0 Å². The molecule has 0 fully saturated rings. The highest BCUT2D eigenvalue weighted by Gasteiger charge is 1.97. The monoisotopic (exact) mass is 265 g/mol. The van der Waals surface area contributed by atoms with Crippen molar-refractivity contribution in [2.24, 2.45) is 0 Å². The Kier molecular flexibility index (Phi) is 9.11. The molecule has 1 aromatic rings. The molecule has 0 spiro atoms. The predicted octanol–water partition coefficient (Wildman–Crippen LogP) is 3.38. The minimum absolute atomic E-state index is 0.813. The zero-order valence-electron chi connectivity index (χ0n) is 12.3. The second-order valence-electron chi connectivity index (χ2n) is 4.73. The molecule has 0 aliphatic carbocycles. The molecule has 0 heterocycles. The highest BCUT2D eigenvalue weighted by atomic mass is 16.5. The van der Waals surface area contributed by atoms with Crippen LogP contribution in [0, 0.1) is 0 Å². The van der Waals surface area contributed by atoms with Crippen molar-refractivity contribution in [2.45, 2.75) is 39.2 Å². The molecule has 1 aromatic carbocycles. The van der Waals surface area contributed by atoms with Crippen molar-refractivity contribution in [1.82, 2.24) is 5.32 Å². The lowest BCUT2D eigenvalue weighted by Crippen LogP contribution is -2.16. The topological polar surface area (TPSA) is 30.5 Å². The summed E-state index contributed by atoms with van der Waals surface area (Å²) in [5, 5.41) is 3.40. The maximum absolute atomic E-state index is 5.75. The zero-order valence-corrected chi connectivity index (χ0v) is 12.3. The van der Waals surface area contributed by atoms with Crippen LogP contribution in [0.1, 0.15) is 38.2 Å². The van der Waals surface area contributed by atoms with Crippen molar-refractivity contribution >= 4 is 0 Å². The normalized spacial score (nSPS) is 10.6. The number of hydrogen-bond donors (Lipinski definition) is 1. The van der Waals surface area contributed by atoms with E-state index in [1.165, 1.54) is 18.4 Å². The third kappa shape index (κ3) is 7.85.